The summed E-state index contributed by atoms with van der Waals surface area (Å²) in [6.07, 6.45) is 10.5. The summed E-state index contributed by atoms with van der Waals surface area (Å²) >= 11 is 0. The number of carboxylic acid groups (broad SMARTS) is 1. The molecule has 0 fully saturated rings. The smallest absolute Gasteiger partial charge is 0.326 e. The van der Waals surface area contributed by atoms with Crippen molar-refractivity contribution in [3.8, 4) is 0 Å². The number of nitrogens with zero attached hydrogens (tertiary/aromatic N) is 1. The summed E-state index contributed by atoms with van der Waals surface area (Å²) in [6.45, 7) is 0.562. The number of amides is 2. The zero-order valence-electron chi connectivity index (χ0n) is 11.7. The first-order chi connectivity index (χ1) is 10.1. The van der Waals surface area contributed by atoms with Gasteiger partial charge < -0.3 is 20.7 Å². The molecule has 0 aliphatic heterocycles. The predicted octanol–water partition coefficient (Wildman–Crippen LogP) is 1.06. The maximum absolute atomic E-state index is 11.8. The minimum atomic E-state index is -1.07. The van der Waals surface area contributed by atoms with Crippen LogP contribution in [0.15, 0.2) is 24.7 Å². The lowest BCUT2D eigenvalue weighted by Gasteiger charge is -2.19. The zero-order chi connectivity index (χ0) is 15.1. The molecule has 0 saturated heterocycles. The van der Waals surface area contributed by atoms with Gasteiger partial charge in [0, 0.05) is 24.9 Å². The molecule has 0 aromatic carbocycles. The number of allylic oxidation sites excluding steroid dienone is 2. The molecule has 0 spiro atoms. The van der Waals surface area contributed by atoms with E-state index in [9.17, 15) is 9.59 Å². The van der Waals surface area contributed by atoms with Crippen molar-refractivity contribution in [2.75, 3.05) is 6.54 Å². The number of hydrogen-bond donors (Lipinski definition) is 4. The van der Waals surface area contributed by atoms with Crippen molar-refractivity contribution >= 4 is 12.0 Å². The number of aromatic nitrogens is 2. The second-order valence-electron chi connectivity index (χ2n) is 5.18. The highest BCUT2D eigenvalue weighted by Gasteiger charge is 2.21. The van der Waals surface area contributed by atoms with Gasteiger partial charge in [0.2, 0.25) is 0 Å². The Kier molecular flexibility index (Phi) is 5.36. The first kappa shape index (κ1) is 15.1. The zero-order valence-corrected chi connectivity index (χ0v) is 11.7. The van der Waals surface area contributed by atoms with Crippen LogP contribution < -0.4 is 10.6 Å². The van der Waals surface area contributed by atoms with E-state index in [2.05, 4.69) is 32.8 Å². The van der Waals surface area contributed by atoms with Crippen molar-refractivity contribution in [2.45, 2.75) is 31.7 Å². The molecule has 0 bridgehead atoms. The Morgan fingerprint density at radius 3 is 2.95 bits per heavy atom. The summed E-state index contributed by atoms with van der Waals surface area (Å²) in [6, 6.07) is -1.42. The van der Waals surface area contributed by atoms with Gasteiger partial charge in [0.1, 0.15) is 6.04 Å². The van der Waals surface area contributed by atoms with E-state index in [-0.39, 0.29) is 6.42 Å². The van der Waals surface area contributed by atoms with E-state index in [0.29, 0.717) is 18.2 Å². The minimum absolute atomic E-state index is 0.176. The molecular formula is C14H20N4O3. The van der Waals surface area contributed by atoms with Gasteiger partial charge in [0.15, 0.2) is 0 Å². The van der Waals surface area contributed by atoms with Gasteiger partial charge in [-0.2, -0.15) is 0 Å². The molecule has 2 amide bonds. The quantitative estimate of drug-likeness (QED) is 0.588. The Morgan fingerprint density at radius 2 is 2.33 bits per heavy atom. The average molecular weight is 292 g/mol. The van der Waals surface area contributed by atoms with Crippen LogP contribution in [0.5, 0.6) is 0 Å². The second-order valence-corrected chi connectivity index (χ2v) is 5.18. The van der Waals surface area contributed by atoms with Crippen LogP contribution in [0.2, 0.25) is 0 Å². The second kappa shape index (κ2) is 7.47. The summed E-state index contributed by atoms with van der Waals surface area (Å²) < 4.78 is 0. The van der Waals surface area contributed by atoms with Crippen LogP contribution in [0, 0.1) is 5.92 Å². The average Bonchev–Trinajstić information content (AvgIpc) is 2.98. The van der Waals surface area contributed by atoms with Gasteiger partial charge in [-0.1, -0.05) is 12.2 Å². The number of hydrogen-bond acceptors (Lipinski definition) is 3. The third kappa shape index (κ3) is 4.94. The molecule has 1 aromatic heterocycles. The van der Waals surface area contributed by atoms with Crippen molar-refractivity contribution in [3.05, 3.63) is 30.4 Å². The van der Waals surface area contributed by atoms with Crippen molar-refractivity contribution in [1.29, 1.82) is 0 Å². The third-order valence-electron chi connectivity index (χ3n) is 3.51. The first-order valence-electron chi connectivity index (χ1n) is 7.04. The molecule has 2 rings (SSSR count). The van der Waals surface area contributed by atoms with Crippen LogP contribution in [0.1, 0.15) is 25.0 Å². The molecule has 7 heteroatoms. The topological polar surface area (TPSA) is 107 Å². The predicted molar refractivity (Wildman–Crippen MR) is 76.7 cm³/mol. The number of aliphatic carboxylic acids is 1. The standard InChI is InChI=1S/C14H20N4O3/c19-13(20)12(6-11-8-15-9-17-11)18-14(21)16-7-10-4-2-1-3-5-10/h1-2,8-10,12H,3-7H2,(H,15,17)(H,19,20)(H2,16,18,21)/t10?,12-/m0/s1. The molecule has 7 nitrogen and oxygen atoms in total. The number of rotatable bonds is 6. The number of nitrogens with one attached hydrogen (secondary N) is 3. The lowest BCUT2D eigenvalue weighted by Crippen LogP contribution is -2.48. The van der Waals surface area contributed by atoms with E-state index in [4.69, 9.17) is 5.11 Å². The fraction of sp³-hybridized carbons (Fsp3) is 0.500. The van der Waals surface area contributed by atoms with Crippen molar-refractivity contribution in [3.63, 3.8) is 0 Å². The van der Waals surface area contributed by atoms with Gasteiger partial charge in [0.25, 0.3) is 0 Å². The van der Waals surface area contributed by atoms with Crippen LogP contribution in [0.3, 0.4) is 0 Å². The number of imidazole rings is 1. The van der Waals surface area contributed by atoms with E-state index in [1.54, 1.807) is 6.20 Å². The van der Waals surface area contributed by atoms with Crippen LogP contribution in [0.25, 0.3) is 0 Å². The van der Waals surface area contributed by atoms with E-state index in [1.807, 2.05) is 0 Å². The third-order valence-corrected chi connectivity index (χ3v) is 3.51. The summed E-state index contributed by atoms with van der Waals surface area (Å²) in [5.74, 6) is -0.642. The fourth-order valence-electron chi connectivity index (χ4n) is 2.30. The van der Waals surface area contributed by atoms with Crippen molar-refractivity contribution < 1.29 is 14.7 Å². The maximum atomic E-state index is 11.8. The van der Waals surface area contributed by atoms with Gasteiger partial charge in [-0.25, -0.2) is 14.6 Å². The molecule has 1 aliphatic rings. The van der Waals surface area contributed by atoms with Gasteiger partial charge >= 0.3 is 12.0 Å². The molecule has 0 saturated carbocycles. The number of urea groups is 1. The van der Waals surface area contributed by atoms with Crippen LogP contribution in [-0.4, -0.2) is 39.7 Å². The molecule has 1 aromatic rings. The Hall–Kier alpha value is -2.31. The number of carbonyl (C=O) groups excluding carboxylic acids is 1. The highest BCUT2D eigenvalue weighted by atomic mass is 16.4. The molecule has 0 radical (unpaired) electrons. The van der Waals surface area contributed by atoms with Gasteiger partial charge in [-0.05, 0) is 25.2 Å². The summed E-state index contributed by atoms with van der Waals surface area (Å²) in [5.41, 5.74) is 0.667. The fourth-order valence-corrected chi connectivity index (χ4v) is 2.30. The molecule has 114 valence electrons. The summed E-state index contributed by atoms with van der Waals surface area (Å²) in [7, 11) is 0. The number of aromatic amines is 1. The van der Waals surface area contributed by atoms with Gasteiger partial charge in [-0.3, -0.25) is 0 Å². The number of H-pyrrole nitrogens is 1. The molecule has 2 atom stereocenters. The van der Waals surface area contributed by atoms with E-state index in [0.717, 1.165) is 19.3 Å². The van der Waals surface area contributed by atoms with Crippen LogP contribution in [-0.2, 0) is 11.2 Å². The van der Waals surface area contributed by atoms with Gasteiger partial charge in [-0.15, -0.1) is 0 Å². The minimum Gasteiger partial charge on any atom is -0.480 e. The number of carbonyl (C=O) groups is 2. The Labute approximate surface area is 122 Å². The van der Waals surface area contributed by atoms with Crippen LogP contribution in [0.4, 0.5) is 4.79 Å². The highest BCUT2D eigenvalue weighted by Crippen LogP contribution is 2.16. The summed E-state index contributed by atoms with van der Waals surface area (Å²) in [5, 5.41) is 14.4. The van der Waals surface area contributed by atoms with E-state index in [1.165, 1.54) is 6.33 Å². The molecule has 1 unspecified atom stereocenters. The highest BCUT2D eigenvalue weighted by molar-refractivity contribution is 5.82. The normalized spacial score (nSPS) is 19.0. The number of carboxylic acids is 1. The SMILES string of the molecule is O=C(NCC1CC=CCC1)N[C@@H](Cc1cnc[nH]1)C(=O)O. The Balaban J connectivity index is 1.78. The summed E-state index contributed by atoms with van der Waals surface area (Å²) in [4.78, 5) is 29.6. The lowest BCUT2D eigenvalue weighted by molar-refractivity contribution is -0.139. The molecular weight excluding hydrogens is 272 g/mol. The van der Waals surface area contributed by atoms with E-state index >= 15 is 0 Å². The van der Waals surface area contributed by atoms with Crippen molar-refractivity contribution in [1.82, 2.24) is 20.6 Å². The Morgan fingerprint density at radius 1 is 1.48 bits per heavy atom. The maximum Gasteiger partial charge on any atom is 0.326 e. The van der Waals surface area contributed by atoms with E-state index < -0.39 is 18.0 Å². The lowest BCUT2D eigenvalue weighted by atomic mass is 9.94. The molecule has 21 heavy (non-hydrogen) atoms. The first-order valence-corrected chi connectivity index (χ1v) is 7.04. The van der Waals surface area contributed by atoms with Crippen molar-refractivity contribution in [2.24, 2.45) is 5.92 Å². The molecule has 4 N–H and O–H groups in total. The van der Waals surface area contributed by atoms with Gasteiger partial charge in [0.05, 0.1) is 6.33 Å². The van der Waals surface area contributed by atoms with Crippen LogP contribution >= 0.6 is 0 Å². The molecule has 1 aliphatic carbocycles. The molecule has 1 heterocycles. The Bertz CT molecular complexity index is 498. The monoisotopic (exact) mass is 292 g/mol. The largest absolute Gasteiger partial charge is 0.480 e.